The summed E-state index contributed by atoms with van der Waals surface area (Å²) >= 11 is 0. The van der Waals surface area contributed by atoms with Crippen LogP contribution in [0.4, 0.5) is 39.8 Å². The molecule has 0 aromatic heterocycles. The van der Waals surface area contributed by atoms with Crippen LogP contribution in [0.25, 0.3) is 0 Å². The summed E-state index contributed by atoms with van der Waals surface area (Å²) in [5.74, 6) is 0.414. The number of rotatable bonds is 12. The maximum atomic E-state index is 12.0. The smallest absolute Gasteiger partial charge is 0.296 e. The third kappa shape index (κ3) is 7.25. The predicted octanol–water partition coefficient (Wildman–Crippen LogP) is 5.82. The first kappa shape index (κ1) is 28.5. The summed E-state index contributed by atoms with van der Waals surface area (Å²) in [6.07, 6.45) is 2.57. The molecule has 3 rings (SSSR count). The number of benzene rings is 3. The van der Waals surface area contributed by atoms with Crippen molar-refractivity contribution in [2.24, 2.45) is 20.5 Å². The molecule has 0 fully saturated rings. The Morgan fingerprint density at radius 2 is 1.61 bits per heavy atom. The van der Waals surface area contributed by atoms with Crippen LogP contribution in [0, 0.1) is 6.92 Å². The summed E-state index contributed by atoms with van der Waals surface area (Å²) in [6.45, 7) is 2.74. The maximum Gasteiger partial charge on any atom is 0.296 e. The van der Waals surface area contributed by atoms with Gasteiger partial charge in [-0.2, -0.15) is 13.5 Å². The lowest BCUT2D eigenvalue weighted by Crippen LogP contribution is -2.05. The zero-order valence-corrected chi connectivity index (χ0v) is 21.9. The van der Waals surface area contributed by atoms with Gasteiger partial charge in [0.2, 0.25) is 0 Å². The largest absolute Gasteiger partial charge is 0.494 e. The number of nitrogens with two attached hydrogens (primary N) is 2. The van der Waals surface area contributed by atoms with E-state index in [9.17, 15) is 13.0 Å². The van der Waals surface area contributed by atoms with E-state index in [-0.39, 0.29) is 29.4 Å². The molecule has 0 aliphatic carbocycles. The Kier molecular flexibility index (Phi) is 9.71. The van der Waals surface area contributed by atoms with Gasteiger partial charge in [-0.1, -0.05) is 18.2 Å². The normalized spacial score (nSPS) is 11.9. The summed E-state index contributed by atoms with van der Waals surface area (Å²) < 4.78 is 39.2. The molecule has 0 atom stereocenters. The number of hydrogen-bond acceptors (Lipinski definition) is 11. The number of azo groups is 2. The monoisotopic (exact) mass is 541 g/mol. The molecule has 0 heterocycles. The molecule has 38 heavy (non-hydrogen) atoms. The third-order valence-electron chi connectivity index (χ3n) is 5.58. The quantitative estimate of drug-likeness (QED) is 0.0817. The van der Waals surface area contributed by atoms with Crippen LogP contribution in [-0.4, -0.2) is 38.3 Å². The van der Waals surface area contributed by atoms with Crippen molar-refractivity contribution >= 4 is 49.9 Å². The van der Waals surface area contributed by atoms with E-state index in [4.69, 9.17) is 21.3 Å². The third-order valence-corrected chi connectivity index (χ3v) is 6.47. The van der Waals surface area contributed by atoms with Crippen LogP contribution >= 0.6 is 0 Å². The SMILES string of the molecule is COc1cc(NCCCCCO)ccc1/N=N/c1cc(S(=O)(=O)O)c(N)c(/N=N/c2ccccc2C)c1N. The summed E-state index contributed by atoms with van der Waals surface area (Å²) in [7, 11) is -3.25. The topological polar surface area (TPSA) is 197 Å². The minimum Gasteiger partial charge on any atom is -0.494 e. The van der Waals surface area contributed by atoms with Gasteiger partial charge in [0, 0.05) is 24.9 Å². The van der Waals surface area contributed by atoms with Crippen molar-refractivity contribution in [2.75, 3.05) is 37.0 Å². The lowest BCUT2D eigenvalue weighted by molar-refractivity contribution is 0.283. The van der Waals surface area contributed by atoms with E-state index in [1.54, 1.807) is 30.3 Å². The first-order chi connectivity index (χ1) is 18.2. The molecular formula is C25H31N7O5S. The molecule has 7 N–H and O–H groups in total. The predicted molar refractivity (Wildman–Crippen MR) is 147 cm³/mol. The molecule has 12 nitrogen and oxygen atoms in total. The highest BCUT2D eigenvalue weighted by molar-refractivity contribution is 7.86. The Morgan fingerprint density at radius 3 is 2.29 bits per heavy atom. The number of nitrogen functional groups attached to an aromatic ring is 2. The maximum absolute atomic E-state index is 12.0. The molecule has 0 bridgehead atoms. The molecular weight excluding hydrogens is 510 g/mol. The molecule has 0 radical (unpaired) electrons. The highest BCUT2D eigenvalue weighted by Crippen LogP contribution is 2.43. The first-order valence-corrected chi connectivity index (χ1v) is 13.2. The molecule has 0 saturated carbocycles. The van der Waals surface area contributed by atoms with Gasteiger partial charge in [-0.05, 0) is 56.0 Å². The first-order valence-electron chi connectivity index (χ1n) is 11.8. The molecule has 3 aromatic rings. The fraction of sp³-hybridized carbons (Fsp3) is 0.280. The highest BCUT2D eigenvalue weighted by Gasteiger charge is 2.22. The van der Waals surface area contributed by atoms with E-state index in [2.05, 4.69) is 25.8 Å². The Labute approximate surface area is 221 Å². The van der Waals surface area contributed by atoms with Gasteiger partial charge in [-0.15, -0.1) is 15.3 Å². The lowest BCUT2D eigenvalue weighted by atomic mass is 10.2. The Morgan fingerprint density at radius 1 is 0.895 bits per heavy atom. The fourth-order valence-corrected chi connectivity index (χ4v) is 4.11. The number of hydrogen-bond donors (Lipinski definition) is 5. The summed E-state index contributed by atoms with van der Waals surface area (Å²) in [4.78, 5) is -0.618. The minimum absolute atomic E-state index is 0.0730. The molecule has 0 unspecified atom stereocenters. The zero-order chi connectivity index (χ0) is 27.7. The molecule has 0 saturated heterocycles. The number of aryl methyl sites for hydroxylation is 1. The Balaban J connectivity index is 1.95. The molecule has 202 valence electrons. The van der Waals surface area contributed by atoms with Crippen LogP contribution in [-0.2, 0) is 10.1 Å². The zero-order valence-electron chi connectivity index (χ0n) is 21.1. The van der Waals surface area contributed by atoms with Crippen molar-refractivity contribution in [3.8, 4) is 5.75 Å². The van der Waals surface area contributed by atoms with Crippen molar-refractivity contribution in [1.82, 2.24) is 0 Å². The van der Waals surface area contributed by atoms with Crippen LogP contribution in [0.15, 0.2) is 73.9 Å². The van der Waals surface area contributed by atoms with E-state index < -0.39 is 15.0 Å². The number of aliphatic hydroxyl groups is 1. The van der Waals surface area contributed by atoms with Crippen LogP contribution < -0.4 is 21.5 Å². The van der Waals surface area contributed by atoms with Crippen molar-refractivity contribution in [2.45, 2.75) is 31.1 Å². The second-order valence-corrected chi connectivity index (χ2v) is 9.72. The number of unbranched alkanes of at least 4 members (excludes halogenated alkanes) is 2. The van der Waals surface area contributed by atoms with Crippen LogP contribution in [0.5, 0.6) is 5.75 Å². The van der Waals surface area contributed by atoms with E-state index in [0.29, 0.717) is 17.1 Å². The molecule has 13 heteroatoms. The standard InChI is InChI=1S/C25H31N7O5S/c1-16-8-4-5-9-18(16)29-32-25-23(26)20(15-22(24(25)27)38(34,35)36)31-30-19-11-10-17(14-21(19)37-2)28-12-6-3-7-13-33/h4-5,8-11,14-15,28,33H,3,6-7,12-13,26-27H2,1-2H3,(H,34,35,36)/b31-30+,32-29+. The molecule has 0 aliphatic heterocycles. The van der Waals surface area contributed by atoms with E-state index >= 15 is 0 Å². The summed E-state index contributed by atoms with van der Waals surface area (Å²) in [5.41, 5.74) is 14.0. The highest BCUT2D eigenvalue weighted by atomic mass is 32.2. The fourth-order valence-electron chi connectivity index (χ4n) is 3.47. The van der Waals surface area contributed by atoms with E-state index in [0.717, 1.165) is 43.1 Å². The summed E-state index contributed by atoms with van der Waals surface area (Å²) in [5, 5.41) is 28.6. The van der Waals surface area contributed by atoms with Gasteiger partial charge in [-0.25, -0.2) is 0 Å². The minimum atomic E-state index is -4.73. The van der Waals surface area contributed by atoms with Gasteiger partial charge in [0.1, 0.15) is 27.7 Å². The van der Waals surface area contributed by atoms with Gasteiger partial charge >= 0.3 is 0 Å². The number of methoxy groups -OCH3 is 1. The van der Waals surface area contributed by atoms with Crippen LogP contribution in [0.2, 0.25) is 0 Å². The van der Waals surface area contributed by atoms with Gasteiger partial charge in [-0.3, -0.25) is 4.55 Å². The average molecular weight is 542 g/mol. The number of ether oxygens (including phenoxy) is 1. The number of nitrogens with zero attached hydrogens (tertiary/aromatic N) is 4. The second kappa shape index (κ2) is 12.9. The van der Waals surface area contributed by atoms with Gasteiger partial charge in [0.15, 0.2) is 0 Å². The van der Waals surface area contributed by atoms with Crippen LogP contribution in [0.3, 0.4) is 0 Å². The van der Waals surface area contributed by atoms with Crippen molar-refractivity contribution in [1.29, 1.82) is 0 Å². The lowest BCUT2D eigenvalue weighted by Gasteiger charge is -2.11. The van der Waals surface area contributed by atoms with E-state index in [1.165, 1.54) is 7.11 Å². The van der Waals surface area contributed by atoms with Crippen molar-refractivity contribution < 1.29 is 22.8 Å². The molecule has 0 spiro atoms. The molecule has 0 aliphatic rings. The Bertz CT molecular complexity index is 1440. The molecule has 0 amide bonds. The number of nitrogens with one attached hydrogen (secondary N) is 1. The number of aliphatic hydroxyl groups excluding tert-OH is 1. The molecule has 3 aromatic carbocycles. The Hall–Kier alpha value is -4.07. The van der Waals surface area contributed by atoms with Gasteiger partial charge in [0.05, 0.1) is 24.2 Å². The number of anilines is 3. The van der Waals surface area contributed by atoms with Gasteiger partial charge in [0.25, 0.3) is 10.1 Å². The van der Waals surface area contributed by atoms with Crippen molar-refractivity contribution in [3.63, 3.8) is 0 Å². The van der Waals surface area contributed by atoms with Crippen molar-refractivity contribution in [3.05, 3.63) is 54.1 Å². The van der Waals surface area contributed by atoms with Gasteiger partial charge < -0.3 is 26.6 Å². The van der Waals surface area contributed by atoms with Crippen LogP contribution in [0.1, 0.15) is 24.8 Å². The summed E-state index contributed by atoms with van der Waals surface area (Å²) in [6, 6.07) is 13.4. The van der Waals surface area contributed by atoms with E-state index in [1.807, 2.05) is 19.1 Å². The second-order valence-electron chi connectivity index (χ2n) is 8.33. The average Bonchev–Trinajstić information content (AvgIpc) is 2.88.